The molecule has 0 bridgehead atoms. The molecule has 1 aliphatic heterocycles. The predicted molar refractivity (Wildman–Crippen MR) is 88.8 cm³/mol. The highest BCUT2D eigenvalue weighted by Crippen LogP contribution is 2.12. The molecule has 116 valence electrons. The van der Waals surface area contributed by atoms with Crippen molar-refractivity contribution < 1.29 is 4.79 Å². The molecule has 0 saturated carbocycles. The lowest BCUT2D eigenvalue weighted by atomic mass is 10.1. The molecule has 0 spiro atoms. The first-order chi connectivity index (χ1) is 11.3. The fourth-order valence-corrected chi connectivity index (χ4v) is 2.82. The van der Waals surface area contributed by atoms with Gasteiger partial charge in [-0.15, -0.1) is 0 Å². The van der Waals surface area contributed by atoms with Crippen LogP contribution in [0.3, 0.4) is 0 Å². The summed E-state index contributed by atoms with van der Waals surface area (Å²) in [6.07, 6.45) is 0. The molecular formula is C19H19N3O. The maximum atomic E-state index is 12.5. The smallest absolute Gasteiger partial charge is 0.253 e. The van der Waals surface area contributed by atoms with Gasteiger partial charge in [0.25, 0.3) is 5.91 Å². The number of nitrogens with zero attached hydrogens (tertiary/aromatic N) is 3. The second kappa shape index (κ2) is 7.08. The number of benzene rings is 2. The van der Waals surface area contributed by atoms with E-state index in [-0.39, 0.29) is 5.91 Å². The fraction of sp³-hybridized carbons (Fsp3) is 0.263. The van der Waals surface area contributed by atoms with E-state index in [0.29, 0.717) is 11.1 Å². The molecule has 0 aliphatic carbocycles. The van der Waals surface area contributed by atoms with E-state index in [1.54, 1.807) is 24.3 Å². The van der Waals surface area contributed by atoms with Crippen LogP contribution in [-0.4, -0.2) is 41.9 Å². The van der Waals surface area contributed by atoms with Gasteiger partial charge < -0.3 is 4.90 Å². The second-order valence-corrected chi connectivity index (χ2v) is 5.74. The van der Waals surface area contributed by atoms with Crippen LogP contribution in [0.5, 0.6) is 0 Å². The Kier molecular flexibility index (Phi) is 4.70. The number of piperazine rings is 1. The van der Waals surface area contributed by atoms with Gasteiger partial charge in [0, 0.05) is 38.3 Å². The van der Waals surface area contributed by atoms with Crippen molar-refractivity contribution in [2.45, 2.75) is 6.54 Å². The molecule has 23 heavy (non-hydrogen) atoms. The highest BCUT2D eigenvalue weighted by Gasteiger charge is 2.22. The highest BCUT2D eigenvalue weighted by atomic mass is 16.2. The minimum absolute atomic E-state index is 0.0499. The van der Waals surface area contributed by atoms with Gasteiger partial charge >= 0.3 is 0 Å². The molecule has 4 nitrogen and oxygen atoms in total. The van der Waals surface area contributed by atoms with Gasteiger partial charge in [0.1, 0.15) is 0 Å². The molecule has 1 fully saturated rings. The lowest BCUT2D eigenvalue weighted by Crippen LogP contribution is -2.48. The number of amides is 1. The molecule has 0 atom stereocenters. The van der Waals surface area contributed by atoms with Crippen LogP contribution in [0.2, 0.25) is 0 Å². The van der Waals surface area contributed by atoms with Gasteiger partial charge in [0.2, 0.25) is 0 Å². The van der Waals surface area contributed by atoms with Crippen LogP contribution in [0.15, 0.2) is 54.6 Å². The minimum atomic E-state index is 0.0499. The molecule has 0 N–H and O–H groups in total. The summed E-state index contributed by atoms with van der Waals surface area (Å²) in [7, 11) is 0. The van der Waals surface area contributed by atoms with Crippen molar-refractivity contribution in [1.29, 1.82) is 5.26 Å². The molecule has 3 rings (SSSR count). The van der Waals surface area contributed by atoms with E-state index in [1.165, 1.54) is 5.56 Å². The third-order valence-electron chi connectivity index (χ3n) is 4.17. The van der Waals surface area contributed by atoms with Crippen molar-refractivity contribution in [2.24, 2.45) is 0 Å². The van der Waals surface area contributed by atoms with E-state index < -0.39 is 0 Å². The van der Waals surface area contributed by atoms with Crippen molar-refractivity contribution >= 4 is 5.91 Å². The van der Waals surface area contributed by atoms with Gasteiger partial charge in [-0.2, -0.15) is 5.26 Å². The highest BCUT2D eigenvalue weighted by molar-refractivity contribution is 5.94. The first kappa shape index (κ1) is 15.3. The first-order valence-electron chi connectivity index (χ1n) is 7.82. The number of rotatable bonds is 3. The lowest BCUT2D eigenvalue weighted by Gasteiger charge is -2.34. The molecule has 0 aromatic heterocycles. The van der Waals surface area contributed by atoms with Gasteiger partial charge in [-0.1, -0.05) is 30.3 Å². The zero-order chi connectivity index (χ0) is 16.1. The number of hydrogen-bond donors (Lipinski definition) is 0. The number of nitriles is 1. The maximum absolute atomic E-state index is 12.5. The maximum Gasteiger partial charge on any atom is 0.253 e. The Balaban J connectivity index is 1.56. The summed E-state index contributed by atoms with van der Waals surface area (Å²) in [6, 6.07) is 19.3. The van der Waals surface area contributed by atoms with E-state index in [1.807, 2.05) is 11.0 Å². The third kappa shape index (κ3) is 3.77. The van der Waals surface area contributed by atoms with Gasteiger partial charge in [0.15, 0.2) is 0 Å². The van der Waals surface area contributed by atoms with E-state index >= 15 is 0 Å². The molecule has 1 amide bonds. The van der Waals surface area contributed by atoms with Crippen molar-refractivity contribution in [3.05, 3.63) is 71.3 Å². The summed E-state index contributed by atoms with van der Waals surface area (Å²) in [5, 5.41) is 8.82. The van der Waals surface area contributed by atoms with Crippen molar-refractivity contribution in [1.82, 2.24) is 9.80 Å². The summed E-state index contributed by atoms with van der Waals surface area (Å²) in [5.74, 6) is 0.0499. The first-order valence-corrected chi connectivity index (χ1v) is 7.82. The topological polar surface area (TPSA) is 47.3 Å². The molecule has 4 heteroatoms. The Morgan fingerprint density at radius 1 is 0.957 bits per heavy atom. The normalized spacial score (nSPS) is 15.2. The fourth-order valence-electron chi connectivity index (χ4n) is 2.82. The lowest BCUT2D eigenvalue weighted by molar-refractivity contribution is 0.0628. The average Bonchev–Trinajstić information content (AvgIpc) is 2.63. The molecule has 2 aromatic rings. The summed E-state index contributed by atoms with van der Waals surface area (Å²) in [6.45, 7) is 4.19. The summed E-state index contributed by atoms with van der Waals surface area (Å²) >= 11 is 0. The zero-order valence-electron chi connectivity index (χ0n) is 13.0. The zero-order valence-corrected chi connectivity index (χ0v) is 13.0. The van der Waals surface area contributed by atoms with Crippen LogP contribution in [-0.2, 0) is 6.54 Å². The molecule has 0 unspecified atom stereocenters. The van der Waals surface area contributed by atoms with E-state index in [2.05, 4.69) is 35.2 Å². The SMILES string of the molecule is N#Cc1ccc(C(=O)N2CCN(Cc3ccccc3)CC2)cc1. The third-order valence-corrected chi connectivity index (χ3v) is 4.17. The van der Waals surface area contributed by atoms with Gasteiger partial charge in [0.05, 0.1) is 11.6 Å². The molecule has 0 radical (unpaired) electrons. The molecular weight excluding hydrogens is 286 g/mol. The Morgan fingerprint density at radius 2 is 1.61 bits per heavy atom. The number of carbonyl (C=O) groups excluding carboxylic acids is 1. The Bertz CT molecular complexity index is 696. The van der Waals surface area contributed by atoms with Crippen LogP contribution in [0.1, 0.15) is 21.5 Å². The van der Waals surface area contributed by atoms with Crippen LogP contribution >= 0.6 is 0 Å². The summed E-state index contributed by atoms with van der Waals surface area (Å²) in [5.41, 5.74) is 2.54. The number of carbonyl (C=O) groups is 1. The van der Waals surface area contributed by atoms with Gasteiger partial charge in [-0.05, 0) is 29.8 Å². The number of hydrogen-bond acceptors (Lipinski definition) is 3. The Hall–Kier alpha value is -2.64. The standard InChI is InChI=1S/C19H19N3O/c20-14-16-6-8-18(9-7-16)19(23)22-12-10-21(11-13-22)15-17-4-2-1-3-5-17/h1-9H,10-13,15H2. The van der Waals surface area contributed by atoms with Crippen molar-refractivity contribution in [3.63, 3.8) is 0 Å². The molecule has 2 aromatic carbocycles. The second-order valence-electron chi connectivity index (χ2n) is 5.74. The van der Waals surface area contributed by atoms with Crippen molar-refractivity contribution in [2.75, 3.05) is 26.2 Å². The van der Waals surface area contributed by atoms with Crippen molar-refractivity contribution in [3.8, 4) is 6.07 Å². The quantitative estimate of drug-likeness (QED) is 0.875. The van der Waals surface area contributed by atoms with Crippen LogP contribution < -0.4 is 0 Å². The Morgan fingerprint density at radius 3 is 2.22 bits per heavy atom. The molecule has 1 saturated heterocycles. The largest absolute Gasteiger partial charge is 0.336 e. The predicted octanol–water partition coefficient (Wildman–Crippen LogP) is 2.52. The summed E-state index contributed by atoms with van der Waals surface area (Å²) < 4.78 is 0. The van der Waals surface area contributed by atoms with Crippen LogP contribution in [0.4, 0.5) is 0 Å². The van der Waals surface area contributed by atoms with Gasteiger partial charge in [-0.25, -0.2) is 0 Å². The average molecular weight is 305 g/mol. The Labute approximate surface area is 136 Å². The monoisotopic (exact) mass is 305 g/mol. The molecule has 1 aliphatic rings. The van der Waals surface area contributed by atoms with E-state index in [0.717, 1.165) is 32.7 Å². The van der Waals surface area contributed by atoms with E-state index in [4.69, 9.17) is 5.26 Å². The van der Waals surface area contributed by atoms with Crippen LogP contribution in [0, 0.1) is 11.3 Å². The van der Waals surface area contributed by atoms with Crippen LogP contribution in [0.25, 0.3) is 0 Å². The minimum Gasteiger partial charge on any atom is -0.336 e. The van der Waals surface area contributed by atoms with Gasteiger partial charge in [-0.3, -0.25) is 9.69 Å². The summed E-state index contributed by atoms with van der Waals surface area (Å²) in [4.78, 5) is 16.8. The molecule has 1 heterocycles. The van der Waals surface area contributed by atoms with E-state index in [9.17, 15) is 4.79 Å².